The van der Waals surface area contributed by atoms with Gasteiger partial charge in [-0.1, -0.05) is 54.1 Å². The predicted molar refractivity (Wildman–Crippen MR) is 140 cm³/mol. The average molecular weight is 507 g/mol. The molecule has 2 heterocycles. The molecule has 0 bridgehead atoms. The number of benzene rings is 3. The molecule has 0 aromatic heterocycles. The van der Waals surface area contributed by atoms with E-state index in [0.717, 1.165) is 16.8 Å². The molecule has 0 radical (unpaired) electrons. The van der Waals surface area contributed by atoms with E-state index in [1.54, 1.807) is 24.3 Å². The topological polar surface area (TPSA) is 48.4 Å². The van der Waals surface area contributed by atoms with E-state index >= 15 is 0 Å². The normalized spacial score (nSPS) is 18.3. The first-order valence-electron chi connectivity index (χ1n) is 12.0. The Labute approximate surface area is 215 Å². The fraction of sp³-hybridized carbons (Fsp3) is 0.286. The number of carbonyl (C=O) groups is 1. The second kappa shape index (κ2) is 10.7. The predicted octanol–water partition coefficient (Wildman–Crippen LogP) is 4.99. The largest absolute Gasteiger partial charge is 0.496 e. The molecule has 0 saturated carbocycles. The number of hydrazone groups is 1. The number of amides is 1. The monoisotopic (exact) mass is 506 g/mol. The lowest BCUT2D eigenvalue weighted by Gasteiger charge is -2.36. The smallest absolute Gasteiger partial charge is 0.257 e. The van der Waals surface area contributed by atoms with Crippen molar-refractivity contribution in [1.29, 1.82) is 0 Å². The van der Waals surface area contributed by atoms with Gasteiger partial charge >= 0.3 is 0 Å². The van der Waals surface area contributed by atoms with E-state index in [9.17, 15) is 9.18 Å². The first kappa shape index (κ1) is 24.3. The molecule has 186 valence electrons. The molecule has 3 aromatic carbocycles. The third kappa shape index (κ3) is 4.94. The number of anilines is 1. The van der Waals surface area contributed by atoms with Gasteiger partial charge in [0, 0.05) is 43.2 Å². The molecule has 1 atom stereocenters. The van der Waals surface area contributed by atoms with E-state index in [1.165, 1.54) is 6.07 Å². The average Bonchev–Trinajstić information content (AvgIpc) is 3.35. The summed E-state index contributed by atoms with van der Waals surface area (Å²) in [6.45, 7) is 2.85. The first-order chi connectivity index (χ1) is 17.5. The fourth-order valence-electron chi connectivity index (χ4n) is 4.89. The van der Waals surface area contributed by atoms with Crippen molar-refractivity contribution in [1.82, 2.24) is 9.91 Å². The zero-order valence-electron chi connectivity index (χ0n) is 20.1. The van der Waals surface area contributed by atoms with Crippen LogP contribution in [0.2, 0.25) is 5.02 Å². The van der Waals surface area contributed by atoms with Crippen LogP contribution in [0.4, 0.5) is 10.1 Å². The standard InChI is InChI=1S/C28H28ClFN4O2/c1-36-27-13-7-3-9-21(27)24-18-26(20-8-2-4-10-22(20)29)34(31-24)28(35)19-32-14-16-33(17-15-32)25-12-6-5-11-23(25)30/h2-13,26H,14-19H2,1H3. The van der Waals surface area contributed by atoms with Crippen LogP contribution >= 0.6 is 11.6 Å². The molecule has 0 N–H and O–H groups in total. The number of halogens is 2. The second-order valence-electron chi connectivity index (χ2n) is 8.94. The van der Waals surface area contributed by atoms with Crippen molar-refractivity contribution in [3.8, 4) is 5.75 Å². The SMILES string of the molecule is COc1ccccc1C1=NN(C(=O)CN2CCN(c3ccccc3F)CC2)C(c2ccccc2Cl)C1. The van der Waals surface area contributed by atoms with E-state index in [4.69, 9.17) is 21.4 Å². The lowest BCUT2D eigenvalue weighted by molar-refractivity contribution is -0.134. The maximum atomic E-state index is 14.2. The first-order valence-corrected chi connectivity index (χ1v) is 12.4. The Morgan fingerprint density at radius 3 is 2.44 bits per heavy atom. The molecular formula is C28H28ClFN4O2. The molecular weight excluding hydrogens is 479 g/mol. The highest BCUT2D eigenvalue weighted by molar-refractivity contribution is 6.31. The summed E-state index contributed by atoms with van der Waals surface area (Å²) in [7, 11) is 1.63. The van der Waals surface area contributed by atoms with Crippen LogP contribution in [0.5, 0.6) is 5.75 Å². The van der Waals surface area contributed by atoms with Crippen molar-refractivity contribution >= 4 is 28.9 Å². The van der Waals surface area contributed by atoms with Crippen LogP contribution in [0.3, 0.4) is 0 Å². The maximum absolute atomic E-state index is 14.2. The van der Waals surface area contributed by atoms with Gasteiger partial charge in [-0.3, -0.25) is 9.69 Å². The van der Waals surface area contributed by atoms with Gasteiger partial charge in [-0.05, 0) is 35.9 Å². The zero-order valence-corrected chi connectivity index (χ0v) is 20.9. The number of hydrogen-bond acceptors (Lipinski definition) is 5. The molecule has 5 rings (SSSR count). The third-order valence-corrected chi connectivity index (χ3v) is 7.12. The van der Waals surface area contributed by atoms with Gasteiger partial charge < -0.3 is 9.64 Å². The van der Waals surface area contributed by atoms with Gasteiger partial charge in [0.1, 0.15) is 11.6 Å². The van der Waals surface area contributed by atoms with Crippen molar-refractivity contribution < 1.29 is 13.9 Å². The molecule has 0 spiro atoms. The summed E-state index contributed by atoms with van der Waals surface area (Å²) in [6.07, 6.45) is 0.539. The Balaban J connectivity index is 1.34. The van der Waals surface area contributed by atoms with Gasteiger partial charge in [-0.2, -0.15) is 5.10 Å². The molecule has 2 aliphatic heterocycles. The van der Waals surface area contributed by atoms with Crippen LogP contribution in [-0.4, -0.2) is 61.4 Å². The highest BCUT2D eigenvalue weighted by atomic mass is 35.5. The van der Waals surface area contributed by atoms with Crippen molar-refractivity contribution in [2.75, 3.05) is 44.7 Å². The van der Waals surface area contributed by atoms with Gasteiger partial charge in [0.15, 0.2) is 0 Å². The Kier molecular flexibility index (Phi) is 7.20. The summed E-state index contributed by atoms with van der Waals surface area (Å²) >= 11 is 6.55. The minimum absolute atomic E-state index is 0.0934. The molecule has 0 aliphatic carbocycles. The number of hydrogen-bond donors (Lipinski definition) is 0. The van der Waals surface area contributed by atoms with E-state index in [-0.39, 0.29) is 24.3 Å². The number of piperazine rings is 1. The second-order valence-corrected chi connectivity index (χ2v) is 9.35. The number of nitrogens with zero attached hydrogens (tertiary/aromatic N) is 4. The minimum atomic E-state index is -0.300. The summed E-state index contributed by atoms with van der Waals surface area (Å²) in [6, 6.07) is 21.8. The molecule has 1 unspecified atom stereocenters. The van der Waals surface area contributed by atoms with Gasteiger partial charge in [-0.15, -0.1) is 0 Å². The Morgan fingerprint density at radius 1 is 1.00 bits per heavy atom. The van der Waals surface area contributed by atoms with Crippen molar-refractivity contribution in [3.05, 3.63) is 94.8 Å². The van der Waals surface area contributed by atoms with E-state index in [0.29, 0.717) is 49.1 Å². The number of rotatable bonds is 6. The van der Waals surface area contributed by atoms with Gasteiger partial charge in [-0.25, -0.2) is 9.40 Å². The summed E-state index contributed by atoms with van der Waals surface area (Å²) in [4.78, 5) is 17.7. The highest BCUT2D eigenvalue weighted by Crippen LogP contribution is 2.37. The van der Waals surface area contributed by atoms with Gasteiger partial charge in [0.25, 0.3) is 5.91 Å². The van der Waals surface area contributed by atoms with Crippen LogP contribution in [-0.2, 0) is 4.79 Å². The lowest BCUT2D eigenvalue weighted by Crippen LogP contribution is -2.49. The highest BCUT2D eigenvalue weighted by Gasteiger charge is 2.36. The Hall–Kier alpha value is -3.42. The molecule has 36 heavy (non-hydrogen) atoms. The van der Waals surface area contributed by atoms with Crippen LogP contribution in [0, 0.1) is 5.82 Å². The molecule has 8 heteroatoms. The number of para-hydroxylation sites is 2. The van der Waals surface area contributed by atoms with Crippen molar-refractivity contribution in [3.63, 3.8) is 0 Å². The number of ether oxygens (including phenoxy) is 1. The van der Waals surface area contributed by atoms with Crippen molar-refractivity contribution in [2.45, 2.75) is 12.5 Å². The summed E-state index contributed by atoms with van der Waals surface area (Å²) in [5.41, 5.74) is 3.12. The van der Waals surface area contributed by atoms with Gasteiger partial charge in [0.2, 0.25) is 0 Å². The zero-order chi connectivity index (χ0) is 25.1. The molecule has 1 saturated heterocycles. The minimum Gasteiger partial charge on any atom is -0.496 e. The van der Waals surface area contributed by atoms with Crippen LogP contribution in [0.15, 0.2) is 77.9 Å². The van der Waals surface area contributed by atoms with Crippen LogP contribution in [0.1, 0.15) is 23.6 Å². The van der Waals surface area contributed by atoms with Gasteiger partial charge in [0.05, 0.1) is 31.1 Å². The van der Waals surface area contributed by atoms with Crippen LogP contribution < -0.4 is 9.64 Å². The molecule has 3 aromatic rings. The molecule has 1 fully saturated rings. The maximum Gasteiger partial charge on any atom is 0.257 e. The summed E-state index contributed by atoms with van der Waals surface area (Å²) in [5, 5.41) is 6.96. The molecule has 1 amide bonds. The Morgan fingerprint density at radius 2 is 1.69 bits per heavy atom. The van der Waals surface area contributed by atoms with Crippen molar-refractivity contribution in [2.24, 2.45) is 5.10 Å². The van der Waals surface area contributed by atoms with E-state index in [1.807, 2.05) is 59.5 Å². The fourth-order valence-corrected chi connectivity index (χ4v) is 5.15. The third-order valence-electron chi connectivity index (χ3n) is 6.77. The molecule has 6 nitrogen and oxygen atoms in total. The quantitative estimate of drug-likeness (QED) is 0.473. The molecule has 2 aliphatic rings. The number of methoxy groups -OCH3 is 1. The van der Waals surface area contributed by atoms with Crippen LogP contribution in [0.25, 0.3) is 0 Å². The summed E-state index contributed by atoms with van der Waals surface area (Å²) in [5.74, 6) is 0.400. The lowest BCUT2D eigenvalue weighted by atomic mass is 9.98. The number of carbonyl (C=O) groups excluding carboxylic acids is 1. The Bertz CT molecular complexity index is 1280. The van der Waals surface area contributed by atoms with E-state index in [2.05, 4.69) is 4.90 Å². The van der Waals surface area contributed by atoms with E-state index < -0.39 is 0 Å². The summed E-state index contributed by atoms with van der Waals surface area (Å²) < 4.78 is 19.7.